The maximum absolute atomic E-state index is 6.04. The lowest BCUT2D eigenvalue weighted by atomic mass is 10.2. The third kappa shape index (κ3) is 5.62. The molecular weight excluding hydrogens is 170 g/mol. The van der Waals surface area contributed by atoms with Crippen LogP contribution in [0.3, 0.4) is 0 Å². The molecule has 0 fully saturated rings. The zero-order valence-electron chi connectivity index (χ0n) is 8.22. The fourth-order valence-electron chi connectivity index (χ4n) is 1.03. The number of allylic oxidation sites excluding steroid dienone is 1. The molecule has 1 nitrogen and oxygen atoms in total. The number of halogens is 1. The fourth-order valence-corrected chi connectivity index (χ4v) is 1.25. The van der Waals surface area contributed by atoms with E-state index in [0.29, 0.717) is 6.04 Å². The highest BCUT2D eigenvalue weighted by molar-refractivity contribution is 6.13. The molecule has 1 unspecified atom stereocenters. The third-order valence-corrected chi connectivity index (χ3v) is 2.49. The van der Waals surface area contributed by atoms with Gasteiger partial charge in [0.25, 0.3) is 0 Å². The third-order valence-electron chi connectivity index (χ3n) is 1.99. The lowest BCUT2D eigenvalue weighted by molar-refractivity contribution is 0.338. The monoisotopic (exact) mass is 189 g/mol. The second kappa shape index (κ2) is 7.63. The van der Waals surface area contributed by atoms with Gasteiger partial charge in [0, 0.05) is 12.6 Å². The topological polar surface area (TPSA) is 3.24 Å². The first-order chi connectivity index (χ1) is 5.72. The van der Waals surface area contributed by atoms with Gasteiger partial charge in [0.2, 0.25) is 0 Å². The lowest BCUT2D eigenvalue weighted by Crippen LogP contribution is -2.24. The van der Waals surface area contributed by atoms with Crippen molar-refractivity contribution in [2.45, 2.75) is 45.6 Å². The Labute approximate surface area is 81.5 Å². The Morgan fingerprint density at radius 3 is 2.75 bits per heavy atom. The first kappa shape index (κ1) is 12.0. The van der Waals surface area contributed by atoms with Crippen LogP contribution in [0.25, 0.3) is 0 Å². The van der Waals surface area contributed by atoms with E-state index < -0.39 is 0 Å². The summed E-state index contributed by atoms with van der Waals surface area (Å²) >= 11 is 6.04. The predicted octanol–water partition coefficient (Wildman–Crippen LogP) is 3.60. The number of unbranched alkanes of at least 4 members (excludes halogenated alkanes) is 1. The number of nitrogens with zero attached hydrogens (tertiary/aromatic N) is 1. The van der Waals surface area contributed by atoms with Crippen LogP contribution in [0.15, 0.2) is 12.7 Å². The van der Waals surface area contributed by atoms with E-state index in [0.717, 1.165) is 19.4 Å². The quantitative estimate of drug-likeness (QED) is 0.437. The molecule has 0 aliphatic heterocycles. The molecule has 0 radical (unpaired) electrons. The summed E-state index contributed by atoms with van der Waals surface area (Å²) in [6.45, 7) is 9.03. The van der Waals surface area contributed by atoms with Crippen molar-refractivity contribution in [2.75, 3.05) is 6.54 Å². The van der Waals surface area contributed by atoms with E-state index in [-0.39, 0.29) is 0 Å². The van der Waals surface area contributed by atoms with E-state index >= 15 is 0 Å². The van der Waals surface area contributed by atoms with Gasteiger partial charge in [0.15, 0.2) is 0 Å². The molecule has 1 atom stereocenters. The van der Waals surface area contributed by atoms with E-state index in [1.165, 1.54) is 12.8 Å². The first-order valence-corrected chi connectivity index (χ1v) is 5.09. The van der Waals surface area contributed by atoms with Crippen LogP contribution in [0.2, 0.25) is 0 Å². The highest BCUT2D eigenvalue weighted by Gasteiger charge is 2.08. The van der Waals surface area contributed by atoms with E-state index in [2.05, 4.69) is 20.4 Å². The lowest BCUT2D eigenvalue weighted by Gasteiger charge is -2.20. The Kier molecular flexibility index (Phi) is 7.62. The van der Waals surface area contributed by atoms with Gasteiger partial charge in [-0.05, 0) is 38.0 Å². The van der Waals surface area contributed by atoms with Crippen LogP contribution in [0.1, 0.15) is 39.5 Å². The summed E-state index contributed by atoms with van der Waals surface area (Å²) in [5, 5.41) is 0. The van der Waals surface area contributed by atoms with Crippen molar-refractivity contribution >= 4 is 11.8 Å². The van der Waals surface area contributed by atoms with E-state index in [9.17, 15) is 0 Å². The summed E-state index contributed by atoms with van der Waals surface area (Å²) in [6.07, 6.45) is 6.49. The zero-order valence-corrected chi connectivity index (χ0v) is 8.98. The maximum Gasteiger partial charge on any atom is 0.0226 e. The van der Waals surface area contributed by atoms with Gasteiger partial charge in [-0.1, -0.05) is 19.4 Å². The summed E-state index contributed by atoms with van der Waals surface area (Å²) in [5.41, 5.74) is 0. The average Bonchev–Trinajstić information content (AvgIpc) is 2.10. The predicted molar refractivity (Wildman–Crippen MR) is 56.4 cm³/mol. The molecule has 0 bridgehead atoms. The number of hydrogen-bond acceptors (Lipinski definition) is 1. The van der Waals surface area contributed by atoms with E-state index in [4.69, 9.17) is 11.8 Å². The van der Waals surface area contributed by atoms with Gasteiger partial charge in [0.05, 0.1) is 0 Å². The second-order valence-corrected chi connectivity index (χ2v) is 3.63. The van der Waals surface area contributed by atoms with Crippen LogP contribution < -0.4 is 0 Å². The molecule has 0 aromatic heterocycles. The summed E-state index contributed by atoms with van der Waals surface area (Å²) in [7, 11) is 0. The van der Waals surface area contributed by atoms with Crippen molar-refractivity contribution in [1.82, 2.24) is 4.42 Å². The van der Waals surface area contributed by atoms with Crippen LogP contribution in [0.5, 0.6) is 0 Å². The van der Waals surface area contributed by atoms with E-state index in [1.54, 1.807) is 0 Å². The molecule has 0 aliphatic rings. The van der Waals surface area contributed by atoms with E-state index in [1.807, 2.05) is 10.5 Å². The summed E-state index contributed by atoms with van der Waals surface area (Å²) < 4.78 is 1.91. The standard InChI is InChI=1S/C10H20ClN/c1-4-6-8-10(3)12(11)9-7-5-2/h4,10H,1,5-9H2,2-3H3. The second-order valence-electron chi connectivity index (χ2n) is 3.19. The van der Waals surface area contributed by atoms with Gasteiger partial charge in [-0.25, -0.2) is 4.42 Å². The summed E-state index contributed by atoms with van der Waals surface area (Å²) in [5.74, 6) is 0. The minimum Gasteiger partial charge on any atom is -0.217 e. The van der Waals surface area contributed by atoms with Crippen LogP contribution in [0.4, 0.5) is 0 Å². The smallest absolute Gasteiger partial charge is 0.0226 e. The fraction of sp³-hybridized carbons (Fsp3) is 0.800. The highest BCUT2D eigenvalue weighted by atomic mass is 35.5. The summed E-state index contributed by atoms with van der Waals surface area (Å²) in [4.78, 5) is 0. The minimum absolute atomic E-state index is 0.469. The molecule has 0 aliphatic carbocycles. The molecule has 0 aromatic rings. The van der Waals surface area contributed by atoms with Gasteiger partial charge < -0.3 is 0 Å². The van der Waals surface area contributed by atoms with Gasteiger partial charge >= 0.3 is 0 Å². The van der Waals surface area contributed by atoms with Gasteiger partial charge in [-0.3, -0.25) is 0 Å². The maximum atomic E-state index is 6.04. The molecule has 0 heterocycles. The van der Waals surface area contributed by atoms with Crippen molar-refractivity contribution < 1.29 is 0 Å². The number of hydrogen-bond donors (Lipinski definition) is 0. The molecule has 0 N–H and O–H groups in total. The molecule has 0 amide bonds. The Balaban J connectivity index is 3.45. The van der Waals surface area contributed by atoms with Crippen LogP contribution in [0, 0.1) is 0 Å². The first-order valence-electron chi connectivity index (χ1n) is 4.75. The van der Waals surface area contributed by atoms with Crippen LogP contribution in [-0.2, 0) is 0 Å². The zero-order chi connectivity index (χ0) is 9.40. The van der Waals surface area contributed by atoms with Crippen LogP contribution >= 0.6 is 11.8 Å². The molecule has 0 rings (SSSR count). The van der Waals surface area contributed by atoms with Crippen molar-refractivity contribution in [3.63, 3.8) is 0 Å². The highest BCUT2D eigenvalue weighted by Crippen LogP contribution is 2.10. The molecule has 12 heavy (non-hydrogen) atoms. The van der Waals surface area contributed by atoms with Crippen molar-refractivity contribution in [1.29, 1.82) is 0 Å². The van der Waals surface area contributed by atoms with Crippen LogP contribution in [-0.4, -0.2) is 17.0 Å². The normalized spacial score (nSPS) is 13.3. The largest absolute Gasteiger partial charge is 0.217 e. The Bertz CT molecular complexity index is 114. The SMILES string of the molecule is C=CCCC(C)N(Cl)CCCC. The molecular formula is C10H20ClN. The Morgan fingerprint density at radius 2 is 2.25 bits per heavy atom. The van der Waals surface area contributed by atoms with Gasteiger partial charge in [0.1, 0.15) is 0 Å². The Hall–Kier alpha value is -0.0100. The minimum atomic E-state index is 0.469. The number of rotatable bonds is 7. The molecule has 0 spiro atoms. The molecule has 2 heteroatoms. The molecule has 0 aromatic carbocycles. The summed E-state index contributed by atoms with van der Waals surface area (Å²) in [6, 6.07) is 0.469. The average molecular weight is 190 g/mol. The van der Waals surface area contributed by atoms with Gasteiger partial charge in [-0.2, -0.15) is 0 Å². The molecule has 72 valence electrons. The molecule has 0 saturated heterocycles. The van der Waals surface area contributed by atoms with Crippen molar-refractivity contribution in [3.05, 3.63) is 12.7 Å². The van der Waals surface area contributed by atoms with Crippen molar-refractivity contribution in [3.8, 4) is 0 Å². The molecule has 0 saturated carbocycles. The van der Waals surface area contributed by atoms with Crippen molar-refractivity contribution in [2.24, 2.45) is 0 Å². The van der Waals surface area contributed by atoms with Gasteiger partial charge in [-0.15, -0.1) is 6.58 Å². The Morgan fingerprint density at radius 1 is 1.58 bits per heavy atom.